The van der Waals surface area contributed by atoms with E-state index in [1.165, 1.54) is 24.3 Å². The summed E-state index contributed by atoms with van der Waals surface area (Å²) in [6, 6.07) is 18.4. The molecule has 0 unspecified atom stereocenters. The number of nitrogens with one attached hydrogen (secondary N) is 1. The number of hydrogen-bond acceptors (Lipinski definition) is 4. The maximum atomic E-state index is 13.1. The normalized spacial score (nSPS) is 13.6. The number of carbonyl (C=O) groups is 1. The molecule has 0 aliphatic rings. The molecule has 0 saturated carbocycles. The first kappa shape index (κ1) is 22.0. The zero-order valence-corrected chi connectivity index (χ0v) is 18.1. The first-order valence-electron chi connectivity index (χ1n) is 9.36. The molecule has 3 rings (SSSR count). The first-order chi connectivity index (χ1) is 14.2. The molecule has 30 heavy (non-hydrogen) atoms. The highest BCUT2D eigenvalue weighted by molar-refractivity contribution is 7.89. The number of hydrogen-bond donors (Lipinski definition) is 2. The van der Waals surface area contributed by atoms with Crippen LogP contribution < -0.4 is 4.72 Å². The third-order valence-electron chi connectivity index (χ3n) is 4.93. The zero-order chi connectivity index (χ0) is 21.9. The number of ketones is 1. The summed E-state index contributed by atoms with van der Waals surface area (Å²) >= 11 is 5.98. The lowest BCUT2D eigenvalue weighted by Crippen LogP contribution is -2.35. The average Bonchev–Trinajstić information content (AvgIpc) is 2.72. The number of sulfonamides is 1. The van der Waals surface area contributed by atoms with Crippen LogP contribution in [-0.2, 0) is 10.0 Å². The van der Waals surface area contributed by atoms with E-state index in [1.54, 1.807) is 55.5 Å². The number of carbonyl (C=O) groups excluding carboxylic acids is 1. The highest BCUT2D eigenvalue weighted by atomic mass is 35.5. The predicted molar refractivity (Wildman–Crippen MR) is 117 cm³/mol. The van der Waals surface area contributed by atoms with Gasteiger partial charge in [-0.05, 0) is 48.9 Å². The molecule has 0 aliphatic heterocycles. The van der Waals surface area contributed by atoms with Gasteiger partial charge in [-0.25, -0.2) is 13.1 Å². The Labute approximate surface area is 181 Å². The van der Waals surface area contributed by atoms with Crippen LogP contribution in [0.4, 0.5) is 0 Å². The van der Waals surface area contributed by atoms with Crippen molar-refractivity contribution in [1.82, 2.24) is 4.72 Å². The predicted octanol–water partition coefficient (Wildman–Crippen LogP) is 4.89. The van der Waals surface area contributed by atoms with Crippen LogP contribution in [0, 0.1) is 12.8 Å². The summed E-state index contributed by atoms with van der Waals surface area (Å²) in [5.41, 5.74) is 1.66. The van der Waals surface area contributed by atoms with Gasteiger partial charge >= 0.3 is 0 Å². The van der Waals surface area contributed by atoms with Crippen LogP contribution >= 0.6 is 11.6 Å². The van der Waals surface area contributed by atoms with Crippen molar-refractivity contribution in [2.45, 2.75) is 24.8 Å². The van der Waals surface area contributed by atoms with Crippen LogP contribution in [0.15, 0.2) is 77.7 Å². The SMILES string of the molecule is Cc1ccc(S(=O)(=O)N[C@H](c2ccc(Cl)cc2)[C@@H](C)C(=O)c2ccccc2O)cc1. The first-order valence-corrected chi connectivity index (χ1v) is 11.2. The number of halogens is 1. The molecule has 0 radical (unpaired) electrons. The van der Waals surface area contributed by atoms with Crippen molar-refractivity contribution < 1.29 is 18.3 Å². The highest BCUT2D eigenvalue weighted by Gasteiger charge is 2.31. The second-order valence-electron chi connectivity index (χ2n) is 7.13. The summed E-state index contributed by atoms with van der Waals surface area (Å²) in [5, 5.41) is 10.6. The van der Waals surface area contributed by atoms with Crippen molar-refractivity contribution in [2.75, 3.05) is 0 Å². The Morgan fingerprint density at radius 2 is 1.57 bits per heavy atom. The molecular formula is C23H22ClNO4S. The van der Waals surface area contributed by atoms with E-state index in [0.717, 1.165) is 5.56 Å². The number of Topliss-reactive ketones (excluding diaryl/α,β-unsaturated/α-hetero) is 1. The quantitative estimate of drug-likeness (QED) is 0.509. The van der Waals surface area contributed by atoms with Crippen LogP contribution in [0.3, 0.4) is 0 Å². The lowest BCUT2D eigenvalue weighted by Gasteiger charge is -2.25. The number of phenolic OH excluding ortho intramolecular Hbond substituents is 1. The van der Waals surface area contributed by atoms with Gasteiger partial charge in [-0.3, -0.25) is 4.79 Å². The molecule has 0 aromatic heterocycles. The van der Waals surface area contributed by atoms with E-state index < -0.39 is 22.0 Å². The van der Waals surface area contributed by atoms with E-state index in [9.17, 15) is 18.3 Å². The molecule has 3 aromatic carbocycles. The molecule has 7 heteroatoms. The molecule has 5 nitrogen and oxygen atoms in total. The number of phenols is 1. The molecule has 0 bridgehead atoms. The topological polar surface area (TPSA) is 83.5 Å². The van der Waals surface area contributed by atoms with Crippen molar-refractivity contribution >= 4 is 27.4 Å². The summed E-state index contributed by atoms with van der Waals surface area (Å²) in [5.74, 6) is -1.31. The number of para-hydroxylation sites is 1. The molecule has 2 N–H and O–H groups in total. The summed E-state index contributed by atoms with van der Waals surface area (Å²) in [6.45, 7) is 3.50. The van der Waals surface area contributed by atoms with Crippen molar-refractivity contribution in [3.8, 4) is 5.75 Å². The Morgan fingerprint density at radius 3 is 2.17 bits per heavy atom. The number of aryl methyl sites for hydroxylation is 1. The van der Waals surface area contributed by atoms with E-state index in [0.29, 0.717) is 10.6 Å². The summed E-state index contributed by atoms with van der Waals surface area (Å²) in [7, 11) is -3.90. The Hall–Kier alpha value is -2.67. The smallest absolute Gasteiger partial charge is 0.241 e. The van der Waals surface area contributed by atoms with Crippen molar-refractivity contribution in [3.63, 3.8) is 0 Å². The Balaban J connectivity index is 2.00. The van der Waals surface area contributed by atoms with Crippen LogP contribution in [0.5, 0.6) is 5.75 Å². The Morgan fingerprint density at radius 1 is 0.967 bits per heavy atom. The zero-order valence-electron chi connectivity index (χ0n) is 16.5. The molecule has 0 amide bonds. The van der Waals surface area contributed by atoms with E-state index in [2.05, 4.69) is 4.72 Å². The molecule has 0 spiro atoms. The lowest BCUT2D eigenvalue weighted by molar-refractivity contribution is 0.0906. The largest absolute Gasteiger partial charge is 0.507 e. The minimum atomic E-state index is -3.90. The highest BCUT2D eigenvalue weighted by Crippen LogP contribution is 2.30. The van der Waals surface area contributed by atoms with Crippen molar-refractivity contribution in [3.05, 3.63) is 94.5 Å². The van der Waals surface area contributed by atoms with E-state index in [4.69, 9.17) is 11.6 Å². The van der Waals surface area contributed by atoms with E-state index in [1.807, 2.05) is 6.92 Å². The minimum absolute atomic E-state index is 0.106. The fraction of sp³-hybridized carbons (Fsp3) is 0.174. The number of aromatic hydroxyl groups is 1. The van der Waals surface area contributed by atoms with Crippen LogP contribution in [0.25, 0.3) is 0 Å². The minimum Gasteiger partial charge on any atom is -0.507 e. The summed E-state index contributed by atoms with van der Waals surface area (Å²) < 4.78 is 28.7. The van der Waals surface area contributed by atoms with Crippen molar-refractivity contribution in [2.24, 2.45) is 5.92 Å². The standard InChI is InChI=1S/C23H22ClNO4S/c1-15-7-13-19(14-8-15)30(28,29)25-22(17-9-11-18(24)12-10-17)16(2)23(27)20-5-3-4-6-21(20)26/h3-14,16,22,25-26H,1-2H3/t16-,22+/m1/s1. The third-order valence-corrected chi connectivity index (χ3v) is 6.63. The van der Waals surface area contributed by atoms with Gasteiger partial charge in [0, 0.05) is 10.9 Å². The average molecular weight is 444 g/mol. The van der Waals surface area contributed by atoms with Gasteiger partial charge in [0.2, 0.25) is 10.0 Å². The van der Waals surface area contributed by atoms with Crippen LogP contribution in [0.2, 0.25) is 5.02 Å². The monoisotopic (exact) mass is 443 g/mol. The molecular weight excluding hydrogens is 422 g/mol. The van der Waals surface area contributed by atoms with Gasteiger partial charge in [0.25, 0.3) is 0 Å². The van der Waals surface area contributed by atoms with Gasteiger partial charge in [0.15, 0.2) is 5.78 Å². The fourth-order valence-corrected chi connectivity index (χ4v) is 4.59. The van der Waals surface area contributed by atoms with E-state index >= 15 is 0 Å². The van der Waals surface area contributed by atoms with Gasteiger partial charge < -0.3 is 5.11 Å². The van der Waals surface area contributed by atoms with Gasteiger partial charge in [-0.1, -0.05) is 60.5 Å². The number of benzene rings is 3. The van der Waals surface area contributed by atoms with Crippen LogP contribution in [-0.4, -0.2) is 19.3 Å². The maximum absolute atomic E-state index is 13.1. The van der Waals surface area contributed by atoms with E-state index in [-0.39, 0.29) is 22.0 Å². The van der Waals surface area contributed by atoms with Gasteiger partial charge in [0.1, 0.15) is 5.75 Å². The second kappa shape index (κ2) is 9.00. The van der Waals surface area contributed by atoms with Gasteiger partial charge in [-0.15, -0.1) is 0 Å². The fourth-order valence-electron chi connectivity index (χ4n) is 3.16. The summed E-state index contributed by atoms with van der Waals surface area (Å²) in [4.78, 5) is 13.2. The van der Waals surface area contributed by atoms with Crippen molar-refractivity contribution in [1.29, 1.82) is 0 Å². The molecule has 2 atom stereocenters. The second-order valence-corrected chi connectivity index (χ2v) is 9.28. The van der Waals surface area contributed by atoms with Crippen LogP contribution in [0.1, 0.15) is 34.5 Å². The molecule has 0 aliphatic carbocycles. The summed E-state index contributed by atoms with van der Waals surface area (Å²) in [6.07, 6.45) is 0. The van der Waals surface area contributed by atoms with Gasteiger partial charge in [-0.2, -0.15) is 0 Å². The Kier molecular flexibility index (Phi) is 6.61. The number of rotatable bonds is 7. The third kappa shape index (κ3) is 4.90. The van der Waals surface area contributed by atoms with Gasteiger partial charge in [0.05, 0.1) is 16.5 Å². The molecule has 0 fully saturated rings. The Bertz CT molecular complexity index is 1140. The molecule has 0 heterocycles. The molecule has 3 aromatic rings. The molecule has 0 saturated heterocycles. The molecule has 156 valence electrons. The maximum Gasteiger partial charge on any atom is 0.241 e. The lowest BCUT2D eigenvalue weighted by atomic mass is 9.88.